The highest BCUT2D eigenvalue weighted by Crippen LogP contribution is 2.19. The molecular weight excluding hydrogens is 302 g/mol. The molecule has 2 saturated heterocycles. The summed E-state index contributed by atoms with van der Waals surface area (Å²) in [6.07, 6.45) is 5.28. The van der Waals surface area contributed by atoms with E-state index in [0.717, 1.165) is 51.7 Å². The fourth-order valence-electron chi connectivity index (χ4n) is 3.24. The maximum Gasteiger partial charge on any atom is 0.243 e. The minimum atomic E-state index is -0.285. The van der Waals surface area contributed by atoms with Gasteiger partial charge in [-0.05, 0) is 51.1 Å². The van der Waals surface area contributed by atoms with Gasteiger partial charge in [-0.3, -0.25) is 9.59 Å². The lowest BCUT2D eigenvalue weighted by atomic mass is 9.97. The average molecular weight is 332 g/mol. The summed E-state index contributed by atoms with van der Waals surface area (Å²) in [5, 5.41) is 6.47. The van der Waals surface area contributed by atoms with Crippen LogP contribution in [-0.4, -0.2) is 48.4 Å². The van der Waals surface area contributed by atoms with Crippen LogP contribution in [0, 0.1) is 5.92 Å². The van der Waals surface area contributed by atoms with E-state index in [1.165, 1.54) is 0 Å². The molecule has 1 atom stereocenters. The van der Waals surface area contributed by atoms with Crippen molar-refractivity contribution in [3.8, 4) is 0 Å². The van der Waals surface area contributed by atoms with Gasteiger partial charge < -0.3 is 15.5 Å². The molecule has 0 bridgehead atoms. The normalized spacial score (nSPS) is 21.4. The third-order valence-corrected chi connectivity index (χ3v) is 4.42. The highest BCUT2D eigenvalue weighted by Gasteiger charge is 2.32. The molecule has 0 aromatic heterocycles. The van der Waals surface area contributed by atoms with E-state index in [2.05, 4.69) is 24.5 Å². The molecule has 6 heteroatoms. The van der Waals surface area contributed by atoms with Crippen molar-refractivity contribution in [1.82, 2.24) is 15.5 Å². The van der Waals surface area contributed by atoms with Gasteiger partial charge in [0.1, 0.15) is 6.04 Å². The largest absolute Gasteiger partial charge is 0.351 e. The van der Waals surface area contributed by atoms with Crippen LogP contribution in [0.4, 0.5) is 0 Å². The second-order valence-corrected chi connectivity index (χ2v) is 6.72. The van der Waals surface area contributed by atoms with E-state index in [-0.39, 0.29) is 36.3 Å². The molecule has 0 aliphatic carbocycles. The number of halogens is 1. The molecule has 22 heavy (non-hydrogen) atoms. The van der Waals surface area contributed by atoms with Crippen molar-refractivity contribution in [2.45, 2.75) is 64.5 Å². The predicted octanol–water partition coefficient (Wildman–Crippen LogP) is 1.70. The summed E-state index contributed by atoms with van der Waals surface area (Å²) >= 11 is 0. The first kappa shape index (κ1) is 19.2. The van der Waals surface area contributed by atoms with Crippen LogP contribution in [0.3, 0.4) is 0 Å². The Morgan fingerprint density at radius 2 is 2.00 bits per heavy atom. The van der Waals surface area contributed by atoms with Crippen LogP contribution in [0.15, 0.2) is 0 Å². The van der Waals surface area contributed by atoms with Gasteiger partial charge in [0.15, 0.2) is 0 Å². The van der Waals surface area contributed by atoms with Crippen molar-refractivity contribution in [2.75, 3.05) is 19.6 Å². The second kappa shape index (κ2) is 9.36. The summed E-state index contributed by atoms with van der Waals surface area (Å²) in [6, 6.07) is -0.0269. The van der Waals surface area contributed by atoms with Crippen LogP contribution in [-0.2, 0) is 9.59 Å². The number of hydrogen-bond donors (Lipinski definition) is 2. The smallest absolute Gasteiger partial charge is 0.243 e. The van der Waals surface area contributed by atoms with E-state index in [0.29, 0.717) is 12.3 Å². The number of nitrogens with zero attached hydrogens (tertiary/aromatic N) is 1. The minimum Gasteiger partial charge on any atom is -0.351 e. The molecule has 5 nitrogen and oxygen atoms in total. The van der Waals surface area contributed by atoms with Gasteiger partial charge in [-0.2, -0.15) is 0 Å². The lowest BCUT2D eigenvalue weighted by molar-refractivity contribution is -0.143. The van der Waals surface area contributed by atoms with Gasteiger partial charge in [0, 0.05) is 19.0 Å². The van der Waals surface area contributed by atoms with Crippen LogP contribution >= 0.6 is 12.4 Å². The van der Waals surface area contributed by atoms with E-state index in [1.807, 2.05) is 4.90 Å². The van der Waals surface area contributed by atoms with E-state index >= 15 is 0 Å². The van der Waals surface area contributed by atoms with Crippen LogP contribution in [0.25, 0.3) is 0 Å². The zero-order chi connectivity index (χ0) is 15.2. The van der Waals surface area contributed by atoms with Gasteiger partial charge in [0.05, 0.1) is 0 Å². The first-order valence-electron chi connectivity index (χ1n) is 8.38. The number of carbonyl (C=O) groups excluding carboxylic acids is 2. The lowest BCUT2D eigenvalue weighted by Gasteiger charge is -2.36. The quantitative estimate of drug-likeness (QED) is 0.806. The van der Waals surface area contributed by atoms with Gasteiger partial charge in [-0.15, -0.1) is 12.4 Å². The molecule has 128 valence electrons. The van der Waals surface area contributed by atoms with Crippen molar-refractivity contribution in [3.05, 3.63) is 0 Å². The fourth-order valence-corrected chi connectivity index (χ4v) is 3.24. The van der Waals surface area contributed by atoms with Gasteiger partial charge in [0.2, 0.25) is 11.8 Å². The molecule has 2 N–H and O–H groups in total. The zero-order valence-corrected chi connectivity index (χ0v) is 14.6. The van der Waals surface area contributed by atoms with Crippen LogP contribution in [0.5, 0.6) is 0 Å². The molecule has 2 heterocycles. The second-order valence-electron chi connectivity index (χ2n) is 6.72. The Morgan fingerprint density at radius 1 is 1.32 bits per heavy atom. The monoisotopic (exact) mass is 331 g/mol. The number of carbonyl (C=O) groups is 2. The molecule has 2 aliphatic heterocycles. The molecule has 0 saturated carbocycles. The fraction of sp³-hybridized carbons (Fsp3) is 0.875. The van der Waals surface area contributed by atoms with Gasteiger partial charge in [0.25, 0.3) is 0 Å². The highest BCUT2D eigenvalue weighted by molar-refractivity contribution is 5.88. The number of amides is 2. The Kier molecular flexibility index (Phi) is 8.18. The third kappa shape index (κ3) is 5.43. The molecule has 2 aliphatic rings. The van der Waals surface area contributed by atoms with Crippen LogP contribution < -0.4 is 10.6 Å². The first-order chi connectivity index (χ1) is 10.1. The van der Waals surface area contributed by atoms with Crippen LogP contribution in [0.1, 0.15) is 52.4 Å². The average Bonchev–Trinajstić information content (AvgIpc) is 2.46. The van der Waals surface area contributed by atoms with E-state index in [1.54, 1.807) is 0 Å². The lowest BCUT2D eigenvalue weighted by Crippen LogP contribution is -2.54. The summed E-state index contributed by atoms with van der Waals surface area (Å²) in [4.78, 5) is 26.6. The Morgan fingerprint density at radius 3 is 2.59 bits per heavy atom. The van der Waals surface area contributed by atoms with E-state index < -0.39 is 0 Å². The number of hydrogen-bond acceptors (Lipinski definition) is 3. The molecular formula is C16H30ClN3O2. The Balaban J connectivity index is 0.00000242. The summed E-state index contributed by atoms with van der Waals surface area (Å²) in [6.45, 7) is 6.87. The molecule has 1 unspecified atom stereocenters. The zero-order valence-electron chi connectivity index (χ0n) is 13.8. The molecule has 0 spiro atoms. The van der Waals surface area contributed by atoms with Crippen molar-refractivity contribution in [2.24, 2.45) is 5.92 Å². The Hall–Kier alpha value is -0.810. The summed E-state index contributed by atoms with van der Waals surface area (Å²) in [7, 11) is 0. The predicted molar refractivity (Wildman–Crippen MR) is 90.1 cm³/mol. The molecule has 0 aromatic carbocycles. The summed E-state index contributed by atoms with van der Waals surface area (Å²) in [5.74, 6) is 0.599. The van der Waals surface area contributed by atoms with Gasteiger partial charge in [-0.25, -0.2) is 0 Å². The van der Waals surface area contributed by atoms with Crippen LogP contribution in [0.2, 0.25) is 0 Å². The topological polar surface area (TPSA) is 61.4 Å². The van der Waals surface area contributed by atoms with Crippen molar-refractivity contribution in [1.29, 1.82) is 0 Å². The maximum atomic E-state index is 12.7. The van der Waals surface area contributed by atoms with Crippen molar-refractivity contribution < 1.29 is 9.59 Å². The van der Waals surface area contributed by atoms with E-state index in [9.17, 15) is 9.59 Å². The maximum absolute atomic E-state index is 12.7. The number of nitrogens with one attached hydrogen (secondary N) is 2. The summed E-state index contributed by atoms with van der Waals surface area (Å²) in [5.41, 5.74) is 0. The molecule has 2 amide bonds. The third-order valence-electron chi connectivity index (χ3n) is 4.42. The molecule has 0 radical (unpaired) electrons. The molecule has 0 aromatic rings. The van der Waals surface area contributed by atoms with E-state index in [4.69, 9.17) is 0 Å². The van der Waals surface area contributed by atoms with Crippen molar-refractivity contribution in [3.63, 3.8) is 0 Å². The first-order valence-corrected chi connectivity index (χ1v) is 8.38. The Bertz CT molecular complexity index is 370. The minimum absolute atomic E-state index is 0. The highest BCUT2D eigenvalue weighted by atomic mass is 35.5. The number of piperidine rings is 2. The summed E-state index contributed by atoms with van der Waals surface area (Å²) < 4.78 is 0. The van der Waals surface area contributed by atoms with Gasteiger partial charge in [-0.1, -0.05) is 13.8 Å². The van der Waals surface area contributed by atoms with Gasteiger partial charge >= 0.3 is 0 Å². The SMILES string of the molecule is CC(C)CC(C(=O)NC1CCNCC1)N1CCCCC1=O.Cl. The number of likely N-dealkylation sites (tertiary alicyclic amines) is 1. The Labute approximate surface area is 140 Å². The number of rotatable bonds is 5. The molecule has 2 rings (SSSR count). The standard InChI is InChI=1S/C16H29N3O2.ClH/c1-12(2)11-14(19-10-4-3-5-15(19)20)16(21)18-13-6-8-17-9-7-13;/h12-14,17H,3-11H2,1-2H3,(H,18,21);1H. The molecule has 2 fully saturated rings. The van der Waals surface area contributed by atoms with Crippen molar-refractivity contribution >= 4 is 24.2 Å².